The smallest absolute Gasteiger partial charge is 0.357 e. The maximum Gasteiger partial charge on any atom is 0.416 e. The van der Waals surface area contributed by atoms with E-state index < -0.39 is 11.7 Å². The minimum Gasteiger partial charge on any atom is -0.357 e. The Hall–Kier alpha value is -2.16. The van der Waals surface area contributed by atoms with Gasteiger partial charge in [0.1, 0.15) is 0 Å². The highest BCUT2D eigenvalue weighted by molar-refractivity contribution is 5.79. The van der Waals surface area contributed by atoms with Crippen LogP contribution in [0.15, 0.2) is 29.3 Å². The number of terminal acetylenes is 1. The maximum absolute atomic E-state index is 12.6. The van der Waals surface area contributed by atoms with Gasteiger partial charge in [-0.1, -0.05) is 18.1 Å². The number of alkyl halides is 3. The first-order valence-corrected chi connectivity index (χ1v) is 6.09. The van der Waals surface area contributed by atoms with E-state index in [1.807, 2.05) is 6.92 Å². The first-order valence-electron chi connectivity index (χ1n) is 6.09. The molecular weight excluding hydrogens is 267 g/mol. The minimum atomic E-state index is -4.34. The van der Waals surface area contributed by atoms with E-state index in [9.17, 15) is 13.2 Å². The van der Waals surface area contributed by atoms with Gasteiger partial charge in [0.05, 0.1) is 18.7 Å². The summed E-state index contributed by atoms with van der Waals surface area (Å²) in [7, 11) is 0. The molecule has 6 heteroatoms. The van der Waals surface area contributed by atoms with Crippen LogP contribution in [0.1, 0.15) is 18.1 Å². The SMILES string of the molecule is C#CCNC(=NCc1cccc(C(F)(F)F)c1)NCC. The number of benzene rings is 1. The molecule has 2 N–H and O–H groups in total. The molecule has 0 unspecified atom stereocenters. The van der Waals surface area contributed by atoms with E-state index >= 15 is 0 Å². The molecule has 0 atom stereocenters. The number of guanidine groups is 1. The zero-order chi connectivity index (χ0) is 15.0. The average Bonchev–Trinajstić information content (AvgIpc) is 2.41. The van der Waals surface area contributed by atoms with Crippen molar-refractivity contribution in [3.05, 3.63) is 35.4 Å². The first-order chi connectivity index (χ1) is 9.47. The standard InChI is InChI=1S/C14H16F3N3/c1-3-8-19-13(18-4-2)20-10-11-6-5-7-12(9-11)14(15,16)17/h1,5-7,9H,4,8,10H2,2H3,(H2,18,19,20). The van der Waals surface area contributed by atoms with Crippen LogP contribution in [0, 0.1) is 12.3 Å². The normalized spacial score (nSPS) is 11.8. The number of nitrogens with one attached hydrogen (secondary N) is 2. The van der Waals surface area contributed by atoms with Gasteiger partial charge in [0.25, 0.3) is 0 Å². The lowest BCUT2D eigenvalue weighted by Gasteiger charge is -2.10. The van der Waals surface area contributed by atoms with Gasteiger partial charge in [0.2, 0.25) is 0 Å². The van der Waals surface area contributed by atoms with Gasteiger partial charge >= 0.3 is 6.18 Å². The summed E-state index contributed by atoms with van der Waals surface area (Å²) >= 11 is 0. The van der Waals surface area contributed by atoms with Crippen molar-refractivity contribution >= 4 is 5.96 Å². The number of hydrogen-bond acceptors (Lipinski definition) is 1. The fraction of sp³-hybridized carbons (Fsp3) is 0.357. The molecule has 3 nitrogen and oxygen atoms in total. The number of halogens is 3. The van der Waals surface area contributed by atoms with Gasteiger partial charge in [-0.15, -0.1) is 6.42 Å². The number of rotatable bonds is 4. The van der Waals surface area contributed by atoms with Crippen LogP contribution in [0.5, 0.6) is 0 Å². The predicted molar refractivity (Wildman–Crippen MR) is 73.1 cm³/mol. The second-order valence-electron chi connectivity index (χ2n) is 3.95. The van der Waals surface area contributed by atoms with Crippen LogP contribution in [-0.2, 0) is 12.7 Å². The molecule has 0 heterocycles. The van der Waals surface area contributed by atoms with Gasteiger partial charge < -0.3 is 10.6 Å². The third-order valence-corrected chi connectivity index (χ3v) is 2.38. The van der Waals surface area contributed by atoms with Gasteiger partial charge in [-0.25, -0.2) is 4.99 Å². The van der Waals surface area contributed by atoms with Crippen LogP contribution in [0.25, 0.3) is 0 Å². The van der Waals surface area contributed by atoms with E-state index in [0.29, 0.717) is 24.6 Å². The van der Waals surface area contributed by atoms with Crippen molar-refractivity contribution in [3.63, 3.8) is 0 Å². The topological polar surface area (TPSA) is 36.4 Å². The first kappa shape index (κ1) is 15.9. The molecular formula is C14H16F3N3. The van der Waals surface area contributed by atoms with Crippen LogP contribution in [0.3, 0.4) is 0 Å². The molecule has 0 fully saturated rings. The molecule has 108 valence electrons. The van der Waals surface area contributed by atoms with Crippen molar-refractivity contribution in [1.29, 1.82) is 0 Å². The molecule has 0 amide bonds. The zero-order valence-electron chi connectivity index (χ0n) is 11.1. The Morgan fingerprint density at radius 3 is 2.70 bits per heavy atom. The van der Waals surface area contributed by atoms with Crippen molar-refractivity contribution in [2.75, 3.05) is 13.1 Å². The number of aliphatic imine (C=N–C) groups is 1. The lowest BCUT2D eigenvalue weighted by Crippen LogP contribution is -2.37. The summed E-state index contributed by atoms with van der Waals surface area (Å²) in [6, 6.07) is 5.10. The van der Waals surface area contributed by atoms with E-state index in [2.05, 4.69) is 21.5 Å². The van der Waals surface area contributed by atoms with Crippen molar-refractivity contribution in [1.82, 2.24) is 10.6 Å². The van der Waals surface area contributed by atoms with Gasteiger partial charge in [-0.2, -0.15) is 13.2 Å². The van der Waals surface area contributed by atoms with Crippen molar-refractivity contribution in [3.8, 4) is 12.3 Å². The molecule has 0 radical (unpaired) electrons. The largest absolute Gasteiger partial charge is 0.416 e. The van der Waals surface area contributed by atoms with Gasteiger partial charge in [0, 0.05) is 6.54 Å². The Labute approximate surface area is 116 Å². The zero-order valence-corrected chi connectivity index (χ0v) is 11.1. The molecule has 0 saturated carbocycles. The second kappa shape index (κ2) is 7.43. The molecule has 20 heavy (non-hydrogen) atoms. The van der Waals surface area contributed by atoms with Gasteiger partial charge in [-0.3, -0.25) is 0 Å². The highest BCUT2D eigenvalue weighted by atomic mass is 19.4. The summed E-state index contributed by atoms with van der Waals surface area (Å²) < 4.78 is 37.7. The molecule has 1 rings (SSSR count). The predicted octanol–water partition coefficient (Wildman–Crippen LogP) is 2.39. The molecule has 0 saturated heterocycles. The summed E-state index contributed by atoms with van der Waals surface area (Å²) in [6.45, 7) is 2.97. The van der Waals surface area contributed by atoms with E-state index in [-0.39, 0.29) is 6.54 Å². The van der Waals surface area contributed by atoms with Crippen LogP contribution in [0.2, 0.25) is 0 Å². The number of hydrogen-bond donors (Lipinski definition) is 2. The van der Waals surface area contributed by atoms with Crippen LogP contribution in [-0.4, -0.2) is 19.0 Å². The molecule has 1 aromatic carbocycles. The highest BCUT2D eigenvalue weighted by Crippen LogP contribution is 2.29. The average molecular weight is 283 g/mol. The van der Waals surface area contributed by atoms with E-state index in [4.69, 9.17) is 6.42 Å². The summed E-state index contributed by atoms with van der Waals surface area (Å²) in [5.74, 6) is 2.88. The molecule has 1 aromatic rings. The Morgan fingerprint density at radius 1 is 1.35 bits per heavy atom. The maximum atomic E-state index is 12.6. The third kappa shape index (κ3) is 5.22. The molecule has 0 spiro atoms. The van der Waals surface area contributed by atoms with E-state index in [0.717, 1.165) is 12.1 Å². The lowest BCUT2D eigenvalue weighted by molar-refractivity contribution is -0.137. The Balaban J connectivity index is 2.78. The number of nitrogens with zero attached hydrogens (tertiary/aromatic N) is 1. The van der Waals surface area contributed by atoms with Crippen molar-refractivity contribution in [2.24, 2.45) is 4.99 Å². The van der Waals surface area contributed by atoms with E-state index in [1.165, 1.54) is 6.07 Å². The summed E-state index contributed by atoms with van der Waals surface area (Å²) in [4.78, 5) is 4.18. The fourth-order valence-corrected chi connectivity index (χ4v) is 1.49. The Bertz CT molecular complexity index is 501. The molecule has 0 aliphatic heterocycles. The monoisotopic (exact) mass is 283 g/mol. The van der Waals surface area contributed by atoms with E-state index in [1.54, 1.807) is 6.07 Å². The van der Waals surface area contributed by atoms with Crippen LogP contribution >= 0.6 is 0 Å². The summed E-state index contributed by atoms with van der Waals surface area (Å²) in [5, 5.41) is 5.82. The lowest BCUT2D eigenvalue weighted by atomic mass is 10.1. The molecule has 0 aliphatic carbocycles. The summed E-state index contributed by atoms with van der Waals surface area (Å²) in [5.41, 5.74) is -0.190. The quantitative estimate of drug-likeness (QED) is 0.506. The highest BCUT2D eigenvalue weighted by Gasteiger charge is 2.30. The molecule has 0 bridgehead atoms. The molecule has 0 aliphatic rings. The minimum absolute atomic E-state index is 0.143. The Kier molecular flexibility index (Phi) is 5.91. The Morgan fingerprint density at radius 2 is 2.10 bits per heavy atom. The van der Waals surface area contributed by atoms with Gasteiger partial charge in [0.15, 0.2) is 5.96 Å². The van der Waals surface area contributed by atoms with Crippen LogP contribution in [0.4, 0.5) is 13.2 Å². The van der Waals surface area contributed by atoms with Crippen LogP contribution < -0.4 is 10.6 Å². The van der Waals surface area contributed by atoms with Crippen molar-refractivity contribution in [2.45, 2.75) is 19.6 Å². The van der Waals surface area contributed by atoms with Crippen molar-refractivity contribution < 1.29 is 13.2 Å². The molecule has 0 aromatic heterocycles. The van der Waals surface area contributed by atoms with Gasteiger partial charge in [-0.05, 0) is 24.6 Å². The second-order valence-corrected chi connectivity index (χ2v) is 3.95. The summed E-state index contributed by atoms with van der Waals surface area (Å²) in [6.07, 6.45) is 0.786. The third-order valence-electron chi connectivity index (χ3n) is 2.38. The fourth-order valence-electron chi connectivity index (χ4n) is 1.49.